The maximum atomic E-state index is 12.8. The van der Waals surface area contributed by atoms with Crippen LogP contribution in [0.3, 0.4) is 0 Å². The van der Waals surface area contributed by atoms with E-state index in [-0.39, 0.29) is 5.91 Å². The van der Waals surface area contributed by atoms with Gasteiger partial charge in [0.05, 0.1) is 17.9 Å². The standard InChI is InChI=1S/C16H25N3O2/c1-4-17-15-8-12(2)18-9-14(15)16(20)19-7-5-6-13(10-19)11-21-3/h8-9,13H,4-7,10-11H2,1-3H3,(H,17,18). The maximum absolute atomic E-state index is 12.8. The fourth-order valence-electron chi connectivity index (χ4n) is 2.86. The summed E-state index contributed by atoms with van der Waals surface area (Å²) in [6, 6.07) is 1.94. The molecule has 1 fully saturated rings. The summed E-state index contributed by atoms with van der Waals surface area (Å²) in [6.45, 7) is 7.06. The first-order valence-electron chi connectivity index (χ1n) is 7.64. The molecule has 0 bridgehead atoms. The summed E-state index contributed by atoms with van der Waals surface area (Å²) in [7, 11) is 1.72. The predicted octanol–water partition coefficient (Wildman–Crippen LogP) is 2.32. The van der Waals surface area contributed by atoms with E-state index in [1.807, 2.05) is 24.8 Å². The predicted molar refractivity (Wildman–Crippen MR) is 83.6 cm³/mol. The van der Waals surface area contributed by atoms with Crippen molar-refractivity contribution in [3.8, 4) is 0 Å². The van der Waals surface area contributed by atoms with Crippen molar-refractivity contribution in [3.63, 3.8) is 0 Å². The molecule has 0 radical (unpaired) electrons. The summed E-state index contributed by atoms with van der Waals surface area (Å²) >= 11 is 0. The van der Waals surface area contributed by atoms with Crippen molar-refractivity contribution in [2.45, 2.75) is 26.7 Å². The first-order chi connectivity index (χ1) is 10.2. The first-order valence-corrected chi connectivity index (χ1v) is 7.64. The molecule has 1 aliphatic rings. The van der Waals surface area contributed by atoms with E-state index in [1.165, 1.54) is 0 Å². The van der Waals surface area contributed by atoms with Crippen LogP contribution in [0.5, 0.6) is 0 Å². The third kappa shape index (κ3) is 3.94. The fourth-order valence-corrected chi connectivity index (χ4v) is 2.86. The monoisotopic (exact) mass is 291 g/mol. The molecule has 5 heteroatoms. The van der Waals surface area contributed by atoms with Gasteiger partial charge in [0.25, 0.3) is 5.91 Å². The molecule has 2 heterocycles. The van der Waals surface area contributed by atoms with Crippen molar-refractivity contribution in [1.29, 1.82) is 0 Å². The van der Waals surface area contributed by atoms with Gasteiger partial charge in [-0.05, 0) is 38.7 Å². The zero-order valence-corrected chi connectivity index (χ0v) is 13.2. The van der Waals surface area contributed by atoms with Crippen LogP contribution in [0.15, 0.2) is 12.3 Å². The summed E-state index contributed by atoms with van der Waals surface area (Å²) < 4.78 is 5.23. The molecule has 1 atom stereocenters. The van der Waals surface area contributed by atoms with Crippen LogP contribution in [0, 0.1) is 12.8 Å². The summed E-state index contributed by atoms with van der Waals surface area (Å²) in [5.74, 6) is 0.507. The van der Waals surface area contributed by atoms with Crippen molar-refractivity contribution in [1.82, 2.24) is 9.88 Å². The molecule has 2 rings (SSSR count). The molecule has 1 saturated heterocycles. The lowest BCUT2D eigenvalue weighted by molar-refractivity contribution is 0.0571. The minimum absolute atomic E-state index is 0.0688. The Bertz CT molecular complexity index is 488. The molecule has 116 valence electrons. The van der Waals surface area contributed by atoms with Gasteiger partial charge in [-0.2, -0.15) is 0 Å². The first kappa shape index (κ1) is 15.8. The number of rotatable bonds is 5. The van der Waals surface area contributed by atoms with Gasteiger partial charge in [0.1, 0.15) is 0 Å². The highest BCUT2D eigenvalue weighted by atomic mass is 16.5. The van der Waals surface area contributed by atoms with E-state index in [0.717, 1.165) is 50.5 Å². The molecule has 0 saturated carbocycles. The van der Waals surface area contributed by atoms with Gasteiger partial charge < -0.3 is 15.0 Å². The zero-order chi connectivity index (χ0) is 15.2. The van der Waals surface area contributed by atoms with Gasteiger partial charge >= 0.3 is 0 Å². The minimum atomic E-state index is 0.0688. The molecule has 1 amide bonds. The van der Waals surface area contributed by atoms with Crippen molar-refractivity contribution < 1.29 is 9.53 Å². The van der Waals surface area contributed by atoms with Crippen LogP contribution in [0.2, 0.25) is 0 Å². The number of ether oxygens (including phenoxy) is 1. The van der Waals surface area contributed by atoms with Crippen LogP contribution < -0.4 is 5.32 Å². The SMILES string of the molecule is CCNc1cc(C)ncc1C(=O)N1CCCC(COC)C1. The number of pyridine rings is 1. The van der Waals surface area contributed by atoms with Gasteiger partial charge in [-0.3, -0.25) is 9.78 Å². The largest absolute Gasteiger partial charge is 0.385 e. The molecule has 0 spiro atoms. The molecule has 1 aromatic heterocycles. The highest BCUT2D eigenvalue weighted by Crippen LogP contribution is 2.22. The summed E-state index contributed by atoms with van der Waals surface area (Å²) in [5.41, 5.74) is 2.46. The van der Waals surface area contributed by atoms with Gasteiger partial charge in [-0.1, -0.05) is 0 Å². The van der Waals surface area contributed by atoms with E-state index >= 15 is 0 Å². The second-order valence-corrected chi connectivity index (χ2v) is 5.62. The van der Waals surface area contributed by atoms with Crippen molar-refractivity contribution >= 4 is 11.6 Å². The van der Waals surface area contributed by atoms with Gasteiger partial charge in [0.15, 0.2) is 0 Å². The van der Waals surface area contributed by atoms with Gasteiger partial charge in [0.2, 0.25) is 0 Å². The summed E-state index contributed by atoms with van der Waals surface area (Å²) in [4.78, 5) is 19.0. The number of amides is 1. The number of carbonyl (C=O) groups excluding carboxylic acids is 1. The minimum Gasteiger partial charge on any atom is -0.385 e. The second-order valence-electron chi connectivity index (χ2n) is 5.62. The second kappa shape index (κ2) is 7.41. The molecule has 21 heavy (non-hydrogen) atoms. The lowest BCUT2D eigenvalue weighted by Crippen LogP contribution is -2.41. The smallest absolute Gasteiger partial charge is 0.257 e. The Morgan fingerprint density at radius 2 is 2.38 bits per heavy atom. The van der Waals surface area contributed by atoms with Gasteiger partial charge in [0, 0.05) is 38.6 Å². The van der Waals surface area contributed by atoms with E-state index in [2.05, 4.69) is 10.3 Å². The Morgan fingerprint density at radius 1 is 1.57 bits per heavy atom. The number of aromatic nitrogens is 1. The third-order valence-corrected chi connectivity index (χ3v) is 3.85. The number of methoxy groups -OCH3 is 1. The van der Waals surface area contributed by atoms with Crippen LogP contribution in [0.4, 0.5) is 5.69 Å². The third-order valence-electron chi connectivity index (χ3n) is 3.85. The Balaban J connectivity index is 2.15. The lowest BCUT2D eigenvalue weighted by atomic mass is 9.98. The topological polar surface area (TPSA) is 54.5 Å². The van der Waals surface area contributed by atoms with E-state index < -0.39 is 0 Å². The number of piperidine rings is 1. The molecule has 0 aromatic carbocycles. The number of hydrogen-bond acceptors (Lipinski definition) is 4. The number of carbonyl (C=O) groups is 1. The molecular formula is C16H25N3O2. The van der Waals surface area contributed by atoms with Crippen LogP contribution in [0.25, 0.3) is 0 Å². The highest BCUT2D eigenvalue weighted by Gasteiger charge is 2.26. The van der Waals surface area contributed by atoms with Crippen LogP contribution in [-0.2, 0) is 4.74 Å². The number of nitrogens with zero attached hydrogens (tertiary/aromatic N) is 2. The maximum Gasteiger partial charge on any atom is 0.257 e. The molecule has 1 aliphatic heterocycles. The summed E-state index contributed by atoms with van der Waals surface area (Å²) in [6.07, 6.45) is 3.86. The van der Waals surface area contributed by atoms with Crippen molar-refractivity contribution in [2.75, 3.05) is 38.7 Å². The number of nitrogens with one attached hydrogen (secondary N) is 1. The van der Waals surface area contributed by atoms with Gasteiger partial charge in [-0.25, -0.2) is 0 Å². The number of likely N-dealkylation sites (tertiary alicyclic amines) is 1. The average Bonchev–Trinajstić information content (AvgIpc) is 2.48. The number of anilines is 1. The molecule has 5 nitrogen and oxygen atoms in total. The molecule has 1 unspecified atom stereocenters. The van der Waals surface area contributed by atoms with Crippen molar-refractivity contribution in [3.05, 3.63) is 23.5 Å². The quantitative estimate of drug-likeness (QED) is 0.904. The van der Waals surface area contributed by atoms with E-state index in [9.17, 15) is 4.79 Å². The average molecular weight is 291 g/mol. The van der Waals surface area contributed by atoms with Crippen LogP contribution >= 0.6 is 0 Å². The summed E-state index contributed by atoms with van der Waals surface area (Å²) in [5, 5.41) is 3.26. The van der Waals surface area contributed by atoms with Crippen LogP contribution in [-0.4, -0.2) is 49.1 Å². The fraction of sp³-hybridized carbons (Fsp3) is 0.625. The van der Waals surface area contributed by atoms with E-state index in [1.54, 1.807) is 13.3 Å². The molecular weight excluding hydrogens is 266 g/mol. The van der Waals surface area contributed by atoms with E-state index in [0.29, 0.717) is 11.5 Å². The van der Waals surface area contributed by atoms with Gasteiger partial charge in [-0.15, -0.1) is 0 Å². The molecule has 0 aliphatic carbocycles. The number of hydrogen-bond donors (Lipinski definition) is 1. The Labute approximate surface area is 126 Å². The Kier molecular flexibility index (Phi) is 5.56. The normalized spacial score (nSPS) is 18.6. The Hall–Kier alpha value is -1.62. The van der Waals surface area contributed by atoms with Crippen molar-refractivity contribution in [2.24, 2.45) is 5.92 Å². The number of aryl methyl sites for hydroxylation is 1. The van der Waals surface area contributed by atoms with E-state index in [4.69, 9.17) is 4.74 Å². The molecule has 1 aromatic rings. The Morgan fingerprint density at radius 3 is 3.10 bits per heavy atom. The van der Waals surface area contributed by atoms with Crippen LogP contribution in [0.1, 0.15) is 35.8 Å². The zero-order valence-electron chi connectivity index (χ0n) is 13.2. The molecule has 1 N–H and O–H groups in total. The lowest BCUT2D eigenvalue weighted by Gasteiger charge is -2.32. The highest BCUT2D eigenvalue weighted by molar-refractivity contribution is 5.99.